The van der Waals surface area contributed by atoms with Crippen LogP contribution in [0.25, 0.3) is 54.8 Å². The lowest BCUT2D eigenvalue weighted by atomic mass is 9.93. The lowest BCUT2D eigenvalue weighted by molar-refractivity contribution is -0.129. The summed E-state index contributed by atoms with van der Waals surface area (Å²) in [5, 5.41) is 13.1. The maximum atomic E-state index is 16.2. The van der Waals surface area contributed by atoms with Gasteiger partial charge in [0.2, 0.25) is 5.91 Å². The molecule has 0 fully saturated rings. The molecule has 0 saturated carbocycles. The fourth-order valence-electron chi connectivity index (χ4n) is 6.38. The zero-order valence-electron chi connectivity index (χ0n) is 26.4. The van der Waals surface area contributed by atoms with Crippen molar-refractivity contribution in [2.75, 3.05) is 26.9 Å². The zero-order chi connectivity index (χ0) is 33.0. The number of halogens is 2. The van der Waals surface area contributed by atoms with Gasteiger partial charge >= 0.3 is 0 Å². The van der Waals surface area contributed by atoms with Gasteiger partial charge in [-0.15, -0.1) is 11.3 Å². The maximum Gasteiger partial charge on any atom is 0.246 e. The van der Waals surface area contributed by atoms with Crippen LogP contribution in [0.3, 0.4) is 0 Å². The number of benzene rings is 2. The largest absolute Gasteiger partial charge is 0.490 e. The molecule has 4 aromatic heterocycles. The van der Waals surface area contributed by atoms with Crippen LogP contribution in [0, 0.1) is 18.6 Å². The molecular formula is C35H32F2N6O3S. The van der Waals surface area contributed by atoms with E-state index in [-0.39, 0.29) is 36.5 Å². The zero-order valence-corrected chi connectivity index (χ0v) is 27.2. The molecule has 0 saturated heterocycles. The smallest absolute Gasteiger partial charge is 0.246 e. The second-order valence-electron chi connectivity index (χ2n) is 11.5. The fraction of sp³-hybridized carbons (Fsp3) is 0.257. The number of aryl methyl sites for hydroxylation is 2. The summed E-state index contributed by atoms with van der Waals surface area (Å²) in [6, 6.07) is 9.71. The number of pyridine rings is 1. The number of methoxy groups -OCH3 is 1. The number of carbonyl (C=O) groups excluding carboxylic acids is 1. The first kappa shape index (κ1) is 30.7. The summed E-state index contributed by atoms with van der Waals surface area (Å²) in [7, 11) is 3.42. The quantitative estimate of drug-likeness (QED) is 0.129. The first-order chi connectivity index (χ1) is 22.7. The SMILES string of the molecule is C=CC(=O)N1CCn2nc(-c3nc(-c4ccc5c(cnn5C)c4)c4scc(C)c4c3-c3c(F)cc(F)cc3OCCOC)cc2C1C. The van der Waals surface area contributed by atoms with Crippen molar-refractivity contribution >= 4 is 38.2 Å². The van der Waals surface area contributed by atoms with Gasteiger partial charge in [0, 0.05) is 54.7 Å². The highest BCUT2D eigenvalue weighted by atomic mass is 32.1. The minimum atomic E-state index is -0.781. The average molecular weight is 655 g/mol. The van der Waals surface area contributed by atoms with E-state index in [2.05, 4.69) is 11.7 Å². The van der Waals surface area contributed by atoms with E-state index in [1.165, 1.54) is 30.6 Å². The minimum absolute atomic E-state index is 0.0409. The Bertz CT molecular complexity index is 2200. The molecule has 240 valence electrons. The Balaban J connectivity index is 1.53. The lowest BCUT2D eigenvalue weighted by Gasteiger charge is -2.33. The van der Waals surface area contributed by atoms with Gasteiger partial charge in [0.25, 0.3) is 0 Å². The van der Waals surface area contributed by atoms with Crippen LogP contribution >= 0.6 is 11.3 Å². The highest BCUT2D eigenvalue weighted by molar-refractivity contribution is 7.18. The molecule has 1 amide bonds. The number of amides is 1. The van der Waals surface area contributed by atoms with Gasteiger partial charge in [-0.05, 0) is 49.1 Å². The van der Waals surface area contributed by atoms with Crippen LogP contribution in [0.4, 0.5) is 8.78 Å². The number of carbonyl (C=O) groups is 1. The predicted molar refractivity (Wildman–Crippen MR) is 178 cm³/mol. The molecule has 1 atom stereocenters. The van der Waals surface area contributed by atoms with Gasteiger partial charge in [0.05, 0.1) is 52.6 Å². The molecule has 6 aromatic rings. The van der Waals surface area contributed by atoms with Crippen molar-refractivity contribution in [3.8, 4) is 39.5 Å². The summed E-state index contributed by atoms with van der Waals surface area (Å²) in [5.74, 6) is -1.66. The summed E-state index contributed by atoms with van der Waals surface area (Å²) in [5.41, 5.74) is 5.71. The highest BCUT2D eigenvalue weighted by Gasteiger charge is 2.32. The van der Waals surface area contributed by atoms with Gasteiger partial charge in [-0.2, -0.15) is 10.2 Å². The molecule has 1 aliphatic rings. The summed E-state index contributed by atoms with van der Waals surface area (Å²) in [4.78, 5) is 19.6. The second kappa shape index (κ2) is 12.0. The van der Waals surface area contributed by atoms with E-state index in [1.807, 2.05) is 66.1 Å². The molecule has 0 bridgehead atoms. The van der Waals surface area contributed by atoms with E-state index in [9.17, 15) is 9.18 Å². The molecule has 1 unspecified atom stereocenters. The van der Waals surface area contributed by atoms with E-state index in [0.717, 1.165) is 43.9 Å². The Morgan fingerprint density at radius 3 is 2.74 bits per heavy atom. The summed E-state index contributed by atoms with van der Waals surface area (Å²) >= 11 is 1.51. The molecule has 0 spiro atoms. The van der Waals surface area contributed by atoms with Crippen LogP contribution in [0.1, 0.15) is 24.2 Å². The molecule has 1 aliphatic heterocycles. The van der Waals surface area contributed by atoms with Crippen molar-refractivity contribution < 1.29 is 23.0 Å². The number of hydrogen-bond donors (Lipinski definition) is 0. The van der Waals surface area contributed by atoms with Crippen molar-refractivity contribution in [3.63, 3.8) is 0 Å². The summed E-state index contributed by atoms with van der Waals surface area (Å²) in [6.07, 6.45) is 3.12. The van der Waals surface area contributed by atoms with E-state index in [0.29, 0.717) is 35.7 Å². The summed E-state index contributed by atoms with van der Waals surface area (Å²) in [6.45, 7) is 8.81. The monoisotopic (exact) mass is 654 g/mol. The molecular weight excluding hydrogens is 622 g/mol. The van der Waals surface area contributed by atoms with Crippen molar-refractivity contribution in [1.29, 1.82) is 0 Å². The number of fused-ring (bicyclic) bond motifs is 3. The van der Waals surface area contributed by atoms with Gasteiger partial charge in [0.15, 0.2) is 0 Å². The number of nitrogens with zero attached hydrogens (tertiary/aromatic N) is 6. The molecule has 12 heteroatoms. The highest BCUT2D eigenvalue weighted by Crippen LogP contribution is 2.48. The number of rotatable bonds is 8. The van der Waals surface area contributed by atoms with Gasteiger partial charge in [-0.3, -0.25) is 14.2 Å². The first-order valence-corrected chi connectivity index (χ1v) is 16.0. The summed E-state index contributed by atoms with van der Waals surface area (Å²) < 4.78 is 46.5. The van der Waals surface area contributed by atoms with E-state index in [1.54, 1.807) is 4.90 Å². The predicted octanol–water partition coefficient (Wildman–Crippen LogP) is 7.08. The third-order valence-electron chi connectivity index (χ3n) is 8.69. The number of hydrogen-bond acceptors (Lipinski definition) is 7. The second-order valence-corrected chi connectivity index (χ2v) is 12.4. The minimum Gasteiger partial charge on any atom is -0.490 e. The number of ether oxygens (including phenoxy) is 2. The van der Waals surface area contributed by atoms with Crippen LogP contribution in [-0.2, 0) is 23.1 Å². The third-order valence-corrected chi connectivity index (χ3v) is 9.80. The molecule has 7 rings (SSSR count). The molecule has 9 nitrogen and oxygen atoms in total. The topological polar surface area (TPSA) is 87.3 Å². The van der Waals surface area contributed by atoms with Crippen LogP contribution in [0.2, 0.25) is 0 Å². The van der Waals surface area contributed by atoms with E-state index < -0.39 is 11.6 Å². The number of aromatic nitrogens is 5. The van der Waals surface area contributed by atoms with Crippen molar-refractivity contribution in [1.82, 2.24) is 29.4 Å². The standard InChI is InChI=1S/C35H32F2N6O3S/c1-6-29(44)42-9-10-43-27(20(42)3)16-25(40-43)34-32(31-24(37)14-23(36)15-28(31)46-12-11-45-5)30-19(2)18-47-35(30)33(39-34)21-7-8-26-22(13-21)17-38-41(26)4/h6-8,13-18,20H,1,9-12H2,2-5H3. The van der Waals surface area contributed by atoms with Gasteiger partial charge in [-0.1, -0.05) is 12.6 Å². The number of thiophene rings is 1. The molecule has 0 aliphatic carbocycles. The van der Waals surface area contributed by atoms with Gasteiger partial charge in [-0.25, -0.2) is 13.8 Å². The van der Waals surface area contributed by atoms with E-state index in [4.69, 9.17) is 19.6 Å². The van der Waals surface area contributed by atoms with Crippen molar-refractivity contribution in [3.05, 3.63) is 83.5 Å². The molecule has 0 N–H and O–H groups in total. The molecule has 47 heavy (non-hydrogen) atoms. The van der Waals surface area contributed by atoms with Gasteiger partial charge < -0.3 is 14.4 Å². The van der Waals surface area contributed by atoms with Crippen LogP contribution in [-0.4, -0.2) is 62.2 Å². The van der Waals surface area contributed by atoms with Crippen molar-refractivity contribution in [2.45, 2.75) is 26.4 Å². The Hall–Kier alpha value is -4.94. The molecule has 0 radical (unpaired) electrons. The maximum absolute atomic E-state index is 16.2. The normalized spacial score (nSPS) is 14.6. The molecule has 2 aromatic carbocycles. The average Bonchev–Trinajstić information content (AvgIpc) is 3.77. The van der Waals surface area contributed by atoms with Crippen LogP contribution < -0.4 is 4.74 Å². The molecule has 5 heterocycles. The first-order valence-electron chi connectivity index (χ1n) is 15.2. The third kappa shape index (κ3) is 5.17. The van der Waals surface area contributed by atoms with E-state index >= 15 is 4.39 Å². The Labute approximate surface area is 273 Å². The Morgan fingerprint density at radius 2 is 1.96 bits per heavy atom. The van der Waals surface area contributed by atoms with Gasteiger partial charge in [0.1, 0.15) is 35.4 Å². The lowest BCUT2D eigenvalue weighted by Crippen LogP contribution is -2.40. The van der Waals surface area contributed by atoms with Crippen LogP contribution in [0.15, 0.2) is 60.6 Å². The van der Waals surface area contributed by atoms with Crippen molar-refractivity contribution in [2.24, 2.45) is 7.05 Å². The van der Waals surface area contributed by atoms with Crippen LogP contribution in [0.5, 0.6) is 5.75 Å². The fourth-order valence-corrected chi connectivity index (χ4v) is 7.45. The Kier molecular flexibility index (Phi) is 7.85. The Morgan fingerprint density at radius 1 is 1.13 bits per heavy atom.